The van der Waals surface area contributed by atoms with Crippen molar-refractivity contribution >= 4 is 11.9 Å². The zero-order valence-electron chi connectivity index (χ0n) is 11.3. The predicted octanol–water partition coefficient (Wildman–Crippen LogP) is 1.61. The maximum absolute atomic E-state index is 12.4. The van der Waals surface area contributed by atoms with Gasteiger partial charge in [-0.2, -0.15) is 5.10 Å². The lowest BCUT2D eigenvalue weighted by atomic mass is 9.98. The molecule has 1 aliphatic rings. The highest BCUT2D eigenvalue weighted by Crippen LogP contribution is 2.21. The van der Waals surface area contributed by atoms with Gasteiger partial charge in [-0.25, -0.2) is 0 Å². The second-order valence-corrected chi connectivity index (χ2v) is 5.07. The summed E-state index contributed by atoms with van der Waals surface area (Å²) in [7, 11) is 0. The van der Waals surface area contributed by atoms with Crippen LogP contribution >= 0.6 is 0 Å². The van der Waals surface area contributed by atoms with Gasteiger partial charge in [-0.3, -0.25) is 14.7 Å². The molecule has 3 rings (SSSR count). The van der Waals surface area contributed by atoms with Gasteiger partial charge < -0.3 is 14.4 Å². The van der Waals surface area contributed by atoms with Crippen LogP contribution in [-0.2, 0) is 4.79 Å². The molecule has 0 radical (unpaired) electrons. The van der Waals surface area contributed by atoms with Crippen molar-refractivity contribution in [3.05, 3.63) is 30.2 Å². The first-order valence-corrected chi connectivity index (χ1v) is 6.76. The average Bonchev–Trinajstić information content (AvgIpc) is 3.17. The van der Waals surface area contributed by atoms with Crippen LogP contribution in [0.4, 0.5) is 0 Å². The Morgan fingerprint density at radius 2 is 2.33 bits per heavy atom. The van der Waals surface area contributed by atoms with Gasteiger partial charge in [0.1, 0.15) is 5.69 Å². The zero-order chi connectivity index (χ0) is 14.8. The Balaban J connectivity index is 1.74. The topological polar surface area (TPSA) is 99.4 Å². The molecule has 7 heteroatoms. The Labute approximate surface area is 120 Å². The van der Waals surface area contributed by atoms with Crippen LogP contribution in [0.2, 0.25) is 0 Å². The zero-order valence-corrected chi connectivity index (χ0v) is 11.3. The van der Waals surface area contributed by atoms with Crippen LogP contribution < -0.4 is 0 Å². The van der Waals surface area contributed by atoms with Gasteiger partial charge in [0.25, 0.3) is 5.91 Å². The molecular formula is C14H15N3O4. The van der Waals surface area contributed by atoms with Crippen LogP contribution in [0.5, 0.6) is 0 Å². The van der Waals surface area contributed by atoms with E-state index in [1.807, 2.05) is 0 Å². The van der Waals surface area contributed by atoms with E-state index in [4.69, 9.17) is 9.52 Å². The molecule has 3 heterocycles. The molecule has 1 fully saturated rings. The maximum atomic E-state index is 12.4. The number of carboxylic acids is 1. The summed E-state index contributed by atoms with van der Waals surface area (Å²) in [5, 5.41) is 15.8. The number of rotatable bonds is 3. The molecule has 0 aromatic carbocycles. The fourth-order valence-electron chi connectivity index (χ4n) is 2.51. The Kier molecular flexibility index (Phi) is 3.47. The summed E-state index contributed by atoms with van der Waals surface area (Å²) in [5.74, 6) is -1.00. The number of amides is 1. The number of aliphatic carboxylic acids is 1. The lowest BCUT2D eigenvalue weighted by Gasteiger charge is -2.30. The molecule has 0 spiro atoms. The Hall–Kier alpha value is -2.57. The number of carbonyl (C=O) groups excluding carboxylic acids is 1. The van der Waals surface area contributed by atoms with E-state index < -0.39 is 11.9 Å². The van der Waals surface area contributed by atoms with Crippen LogP contribution in [-0.4, -0.2) is 45.2 Å². The van der Waals surface area contributed by atoms with Crippen LogP contribution in [0.1, 0.15) is 23.3 Å². The second-order valence-electron chi connectivity index (χ2n) is 5.07. The van der Waals surface area contributed by atoms with Gasteiger partial charge in [0.15, 0.2) is 11.5 Å². The number of aromatic amines is 1. The van der Waals surface area contributed by atoms with Crippen molar-refractivity contribution in [1.29, 1.82) is 0 Å². The van der Waals surface area contributed by atoms with Crippen molar-refractivity contribution in [2.45, 2.75) is 12.8 Å². The first kappa shape index (κ1) is 13.4. The highest BCUT2D eigenvalue weighted by molar-refractivity contribution is 5.93. The Bertz CT molecular complexity index is 647. The van der Waals surface area contributed by atoms with Crippen LogP contribution in [0.25, 0.3) is 11.5 Å². The monoisotopic (exact) mass is 289 g/mol. The molecule has 1 amide bonds. The van der Waals surface area contributed by atoms with Crippen molar-refractivity contribution in [2.75, 3.05) is 13.1 Å². The largest absolute Gasteiger partial charge is 0.481 e. The summed E-state index contributed by atoms with van der Waals surface area (Å²) in [5.41, 5.74) is 0.891. The third-order valence-electron chi connectivity index (χ3n) is 3.64. The van der Waals surface area contributed by atoms with Gasteiger partial charge in [0, 0.05) is 19.2 Å². The number of aromatic nitrogens is 2. The minimum atomic E-state index is -0.856. The number of furan rings is 1. The first-order chi connectivity index (χ1) is 10.1. The molecule has 0 bridgehead atoms. The van der Waals surface area contributed by atoms with Crippen LogP contribution in [0.3, 0.4) is 0 Å². The molecule has 21 heavy (non-hydrogen) atoms. The summed E-state index contributed by atoms with van der Waals surface area (Å²) < 4.78 is 5.23. The van der Waals surface area contributed by atoms with Crippen LogP contribution in [0, 0.1) is 5.92 Å². The number of hydrogen-bond acceptors (Lipinski definition) is 4. The lowest BCUT2D eigenvalue weighted by molar-refractivity contribution is -0.143. The summed E-state index contributed by atoms with van der Waals surface area (Å²) in [6.07, 6.45) is 2.84. The number of hydrogen-bond donors (Lipinski definition) is 2. The third kappa shape index (κ3) is 2.67. The molecule has 2 aromatic heterocycles. The van der Waals surface area contributed by atoms with Gasteiger partial charge in [0.2, 0.25) is 0 Å². The van der Waals surface area contributed by atoms with Gasteiger partial charge in [-0.05, 0) is 25.0 Å². The summed E-state index contributed by atoms with van der Waals surface area (Å²) in [6, 6.07) is 5.13. The number of likely N-dealkylation sites (tertiary alicyclic amines) is 1. The van der Waals surface area contributed by atoms with Crippen molar-refractivity contribution in [3.8, 4) is 11.5 Å². The molecule has 110 valence electrons. The molecule has 2 N–H and O–H groups in total. The standard InChI is InChI=1S/C14H15N3O4/c18-13(17-5-1-3-9(8-17)14(19)20)11-7-10(15-16-11)12-4-2-6-21-12/h2,4,6-7,9H,1,3,5,8H2,(H,15,16)(H,19,20)/t9-/m0/s1. The van der Waals surface area contributed by atoms with E-state index in [0.29, 0.717) is 30.8 Å². The van der Waals surface area contributed by atoms with Crippen molar-refractivity contribution in [2.24, 2.45) is 5.92 Å². The molecule has 0 unspecified atom stereocenters. The van der Waals surface area contributed by atoms with Gasteiger partial charge in [0.05, 0.1) is 12.2 Å². The molecule has 2 aromatic rings. The van der Waals surface area contributed by atoms with E-state index in [0.717, 1.165) is 0 Å². The van der Waals surface area contributed by atoms with E-state index in [9.17, 15) is 9.59 Å². The molecule has 0 saturated carbocycles. The number of carbonyl (C=O) groups is 2. The third-order valence-corrected chi connectivity index (χ3v) is 3.64. The predicted molar refractivity (Wildman–Crippen MR) is 72.6 cm³/mol. The Morgan fingerprint density at radius 1 is 1.48 bits per heavy atom. The smallest absolute Gasteiger partial charge is 0.308 e. The fourth-order valence-corrected chi connectivity index (χ4v) is 2.51. The van der Waals surface area contributed by atoms with E-state index >= 15 is 0 Å². The minimum Gasteiger partial charge on any atom is -0.481 e. The number of carboxylic acid groups (broad SMARTS) is 1. The lowest BCUT2D eigenvalue weighted by Crippen LogP contribution is -2.42. The van der Waals surface area contributed by atoms with E-state index in [2.05, 4.69) is 10.2 Å². The molecular weight excluding hydrogens is 274 g/mol. The van der Waals surface area contributed by atoms with E-state index in [-0.39, 0.29) is 18.1 Å². The highest BCUT2D eigenvalue weighted by atomic mass is 16.4. The SMILES string of the molecule is O=C(O)[C@H]1CCCN(C(=O)c2cc(-c3ccco3)[nH]n2)C1. The molecule has 1 atom stereocenters. The summed E-state index contributed by atoms with van der Waals surface area (Å²) >= 11 is 0. The molecule has 1 saturated heterocycles. The van der Waals surface area contributed by atoms with E-state index in [1.54, 1.807) is 29.4 Å². The van der Waals surface area contributed by atoms with Gasteiger partial charge in [-0.1, -0.05) is 0 Å². The Morgan fingerprint density at radius 3 is 3.05 bits per heavy atom. The van der Waals surface area contributed by atoms with Crippen molar-refractivity contribution in [3.63, 3.8) is 0 Å². The number of nitrogens with one attached hydrogen (secondary N) is 1. The molecule has 1 aliphatic heterocycles. The molecule has 0 aliphatic carbocycles. The fraction of sp³-hybridized carbons (Fsp3) is 0.357. The van der Waals surface area contributed by atoms with Crippen molar-refractivity contribution in [1.82, 2.24) is 15.1 Å². The maximum Gasteiger partial charge on any atom is 0.308 e. The van der Waals surface area contributed by atoms with E-state index in [1.165, 1.54) is 0 Å². The number of nitrogens with zero attached hydrogens (tertiary/aromatic N) is 2. The average molecular weight is 289 g/mol. The normalized spacial score (nSPS) is 18.7. The van der Waals surface area contributed by atoms with Gasteiger partial charge >= 0.3 is 5.97 Å². The molecule has 7 nitrogen and oxygen atoms in total. The van der Waals surface area contributed by atoms with Crippen LogP contribution in [0.15, 0.2) is 28.9 Å². The number of H-pyrrole nitrogens is 1. The highest BCUT2D eigenvalue weighted by Gasteiger charge is 2.29. The van der Waals surface area contributed by atoms with Gasteiger partial charge in [-0.15, -0.1) is 0 Å². The number of piperidine rings is 1. The summed E-state index contributed by atoms with van der Waals surface area (Å²) in [4.78, 5) is 25.0. The second kappa shape index (κ2) is 5.43. The first-order valence-electron chi connectivity index (χ1n) is 6.76. The summed E-state index contributed by atoms with van der Waals surface area (Å²) in [6.45, 7) is 0.794. The quantitative estimate of drug-likeness (QED) is 0.894. The minimum absolute atomic E-state index is 0.233. The van der Waals surface area contributed by atoms with Crippen molar-refractivity contribution < 1.29 is 19.1 Å².